The van der Waals surface area contributed by atoms with Gasteiger partial charge in [0.2, 0.25) is 0 Å². The summed E-state index contributed by atoms with van der Waals surface area (Å²) in [6, 6.07) is 0. The Morgan fingerprint density at radius 3 is 2.71 bits per heavy atom. The predicted octanol–water partition coefficient (Wildman–Crippen LogP) is 2.73. The molecular formula is C20H24O4. The van der Waals surface area contributed by atoms with Crippen molar-refractivity contribution in [2.24, 2.45) is 23.2 Å². The van der Waals surface area contributed by atoms with Gasteiger partial charge in [0.25, 0.3) is 0 Å². The van der Waals surface area contributed by atoms with Gasteiger partial charge < -0.3 is 9.84 Å². The van der Waals surface area contributed by atoms with Crippen molar-refractivity contribution in [1.82, 2.24) is 0 Å². The van der Waals surface area contributed by atoms with Crippen LogP contribution < -0.4 is 0 Å². The summed E-state index contributed by atoms with van der Waals surface area (Å²) in [4.78, 5) is 25.9. The molecule has 0 aromatic rings. The van der Waals surface area contributed by atoms with E-state index in [1.54, 1.807) is 13.8 Å². The molecule has 0 aromatic heterocycles. The third kappa shape index (κ3) is 1.45. The summed E-state index contributed by atoms with van der Waals surface area (Å²) in [5.41, 5.74) is -1.40. The molecule has 3 fully saturated rings. The largest absolute Gasteiger partial charge is 0.456 e. The molecule has 4 aliphatic rings. The van der Waals surface area contributed by atoms with Crippen molar-refractivity contribution in [2.75, 3.05) is 0 Å². The molecule has 1 N–H and O–H groups in total. The fourth-order valence-corrected chi connectivity index (χ4v) is 5.72. The normalized spacial score (nSPS) is 49.4. The molecule has 4 nitrogen and oxygen atoms in total. The number of esters is 1. The highest BCUT2D eigenvalue weighted by Crippen LogP contribution is 2.75. The lowest BCUT2D eigenvalue weighted by molar-refractivity contribution is -0.171. The minimum absolute atomic E-state index is 0.126. The lowest BCUT2D eigenvalue weighted by Gasteiger charge is -2.45. The van der Waals surface area contributed by atoms with E-state index in [1.165, 1.54) is 0 Å². The first-order valence-electron chi connectivity index (χ1n) is 8.62. The third-order valence-electron chi connectivity index (χ3n) is 7.00. The number of Topliss-reactive ketones (excluding diaryl/α,β-unsaturated/α-hetero) is 1. The van der Waals surface area contributed by atoms with Crippen LogP contribution in [0.1, 0.15) is 40.0 Å². The Morgan fingerprint density at radius 1 is 1.42 bits per heavy atom. The van der Waals surface area contributed by atoms with Gasteiger partial charge in [-0.1, -0.05) is 30.4 Å². The molecule has 1 aliphatic heterocycles. The summed E-state index contributed by atoms with van der Waals surface area (Å²) in [5.74, 6) is -1.33. The van der Waals surface area contributed by atoms with E-state index in [4.69, 9.17) is 4.74 Å². The van der Waals surface area contributed by atoms with E-state index in [0.717, 1.165) is 24.0 Å². The molecule has 0 aromatic carbocycles. The van der Waals surface area contributed by atoms with E-state index in [1.807, 2.05) is 13.0 Å². The van der Waals surface area contributed by atoms with E-state index < -0.39 is 28.5 Å². The van der Waals surface area contributed by atoms with Crippen LogP contribution in [0.15, 0.2) is 36.0 Å². The number of hydrogen-bond acceptors (Lipinski definition) is 4. The van der Waals surface area contributed by atoms with Gasteiger partial charge in [0.15, 0.2) is 11.4 Å². The highest BCUT2D eigenvalue weighted by Gasteiger charge is 2.90. The first-order chi connectivity index (χ1) is 11.1. The fourth-order valence-electron chi connectivity index (χ4n) is 5.72. The molecule has 1 spiro atoms. The quantitative estimate of drug-likeness (QED) is 0.594. The van der Waals surface area contributed by atoms with Crippen molar-refractivity contribution in [2.45, 2.75) is 51.2 Å². The van der Waals surface area contributed by atoms with E-state index in [9.17, 15) is 14.7 Å². The zero-order valence-electron chi connectivity index (χ0n) is 14.5. The summed E-state index contributed by atoms with van der Waals surface area (Å²) < 4.78 is 5.53. The van der Waals surface area contributed by atoms with Crippen molar-refractivity contribution in [3.05, 3.63) is 36.0 Å². The monoisotopic (exact) mass is 328 g/mol. The maximum absolute atomic E-state index is 13.2. The molecule has 0 bridgehead atoms. The maximum Gasteiger partial charge on any atom is 0.340 e. The smallest absolute Gasteiger partial charge is 0.340 e. The van der Waals surface area contributed by atoms with Crippen molar-refractivity contribution < 1.29 is 19.4 Å². The number of fused-ring (bicyclic) bond motifs is 2. The zero-order chi connectivity index (χ0) is 17.7. The second-order valence-corrected chi connectivity index (χ2v) is 8.35. The predicted molar refractivity (Wildman–Crippen MR) is 88.9 cm³/mol. The first-order valence-corrected chi connectivity index (χ1v) is 8.62. The van der Waals surface area contributed by atoms with Crippen LogP contribution in [0.4, 0.5) is 0 Å². The number of aliphatic hydroxyl groups is 1. The fraction of sp³-hybridized carbons (Fsp3) is 0.600. The summed E-state index contributed by atoms with van der Waals surface area (Å²) in [7, 11) is 0. The third-order valence-corrected chi connectivity index (χ3v) is 7.00. The van der Waals surface area contributed by atoms with Gasteiger partial charge in [-0.3, -0.25) is 4.79 Å². The van der Waals surface area contributed by atoms with E-state index >= 15 is 0 Å². The summed E-state index contributed by atoms with van der Waals surface area (Å²) in [5, 5.41) is 11.7. The molecule has 6 atom stereocenters. The Balaban J connectivity index is 1.97. The minimum Gasteiger partial charge on any atom is -0.456 e. The van der Waals surface area contributed by atoms with Crippen LogP contribution in [0.2, 0.25) is 0 Å². The number of ketones is 1. The SMILES string of the molecule is C=C(C)C1CCC(=C)C2C1C=C(C)C(=O)C13CC1(C)OC(=O)C23O. The van der Waals surface area contributed by atoms with Crippen molar-refractivity contribution in [1.29, 1.82) is 0 Å². The maximum atomic E-state index is 13.2. The molecular weight excluding hydrogens is 304 g/mol. The van der Waals surface area contributed by atoms with Crippen molar-refractivity contribution >= 4 is 11.8 Å². The Hall–Kier alpha value is -1.68. The molecule has 0 radical (unpaired) electrons. The van der Waals surface area contributed by atoms with Crippen LogP contribution >= 0.6 is 0 Å². The van der Waals surface area contributed by atoms with Gasteiger partial charge in [-0.15, -0.1) is 0 Å². The van der Waals surface area contributed by atoms with Crippen LogP contribution in [0.3, 0.4) is 0 Å². The highest BCUT2D eigenvalue weighted by molar-refractivity contribution is 6.10. The molecule has 4 rings (SSSR count). The molecule has 4 heteroatoms. The van der Waals surface area contributed by atoms with E-state index in [0.29, 0.717) is 12.0 Å². The molecule has 0 amide bonds. The lowest BCUT2D eigenvalue weighted by Crippen LogP contribution is -2.57. The van der Waals surface area contributed by atoms with E-state index in [2.05, 4.69) is 13.2 Å². The van der Waals surface area contributed by atoms with Gasteiger partial charge in [-0.2, -0.15) is 0 Å². The Labute approximate surface area is 142 Å². The molecule has 1 saturated heterocycles. The van der Waals surface area contributed by atoms with Gasteiger partial charge in [0, 0.05) is 12.3 Å². The molecule has 1 heterocycles. The van der Waals surface area contributed by atoms with Crippen molar-refractivity contribution in [3.8, 4) is 0 Å². The molecule has 128 valence electrons. The summed E-state index contributed by atoms with van der Waals surface area (Å²) in [6.45, 7) is 13.8. The molecule has 6 unspecified atom stereocenters. The number of rotatable bonds is 1. The van der Waals surface area contributed by atoms with Gasteiger partial charge in [-0.25, -0.2) is 4.79 Å². The zero-order valence-corrected chi connectivity index (χ0v) is 14.5. The van der Waals surface area contributed by atoms with Crippen LogP contribution in [0.25, 0.3) is 0 Å². The average Bonchev–Trinajstić information content (AvgIpc) is 3.08. The molecule has 2 saturated carbocycles. The Morgan fingerprint density at radius 2 is 2.08 bits per heavy atom. The number of hydrogen-bond donors (Lipinski definition) is 1. The standard InChI is InChI=1S/C20H24O4/c1-10(2)13-7-6-11(3)15-14(13)8-12(4)16(21)19-9-18(19,5)24-17(22)20(15,19)23/h8,13-15,23H,1,3,6-7,9H2,2,4-5H3. The highest BCUT2D eigenvalue weighted by atomic mass is 16.6. The van der Waals surface area contributed by atoms with Gasteiger partial charge >= 0.3 is 5.97 Å². The summed E-state index contributed by atoms with van der Waals surface area (Å²) in [6.07, 6.45) is 3.94. The van der Waals surface area contributed by atoms with Crippen LogP contribution in [-0.4, -0.2) is 28.1 Å². The van der Waals surface area contributed by atoms with Gasteiger partial charge in [0.05, 0.1) is 0 Å². The van der Waals surface area contributed by atoms with Crippen LogP contribution in [0, 0.1) is 23.2 Å². The number of carbonyl (C=O) groups is 2. The molecule has 24 heavy (non-hydrogen) atoms. The van der Waals surface area contributed by atoms with E-state index in [-0.39, 0.29) is 17.6 Å². The topological polar surface area (TPSA) is 63.6 Å². The Bertz CT molecular complexity index is 747. The summed E-state index contributed by atoms with van der Waals surface area (Å²) >= 11 is 0. The first kappa shape index (κ1) is 15.8. The number of carbonyl (C=O) groups excluding carboxylic acids is 2. The van der Waals surface area contributed by atoms with Gasteiger partial charge in [-0.05, 0) is 51.0 Å². The Kier molecular flexibility index (Phi) is 2.83. The average molecular weight is 328 g/mol. The number of allylic oxidation sites excluding steroid dienone is 3. The van der Waals surface area contributed by atoms with Crippen molar-refractivity contribution in [3.63, 3.8) is 0 Å². The van der Waals surface area contributed by atoms with Gasteiger partial charge in [0.1, 0.15) is 11.0 Å². The minimum atomic E-state index is -1.82. The second-order valence-electron chi connectivity index (χ2n) is 8.35. The van der Waals surface area contributed by atoms with Crippen LogP contribution in [0.5, 0.6) is 0 Å². The second kappa shape index (κ2) is 4.29. The molecule has 3 aliphatic carbocycles. The lowest BCUT2D eigenvalue weighted by atomic mass is 9.59. The number of ether oxygens (including phenoxy) is 1. The van der Waals surface area contributed by atoms with Crippen LogP contribution in [-0.2, 0) is 14.3 Å².